The van der Waals surface area contributed by atoms with Crippen molar-refractivity contribution in [3.05, 3.63) is 134 Å². The fourth-order valence-electron chi connectivity index (χ4n) is 6.46. The van der Waals surface area contributed by atoms with Gasteiger partial charge in [0.2, 0.25) is 0 Å². The molecule has 0 radical (unpaired) electrons. The van der Waals surface area contributed by atoms with Crippen molar-refractivity contribution in [3.8, 4) is 11.4 Å². The van der Waals surface area contributed by atoms with Crippen molar-refractivity contribution in [2.24, 2.45) is 0 Å². The maximum Gasteiger partial charge on any atom is 0.0641 e. The third-order valence-electron chi connectivity index (χ3n) is 8.14. The van der Waals surface area contributed by atoms with Crippen LogP contribution in [0.3, 0.4) is 0 Å². The number of hydrogen-bond acceptors (Lipinski definition) is 1. The van der Waals surface area contributed by atoms with Gasteiger partial charge in [-0.05, 0) is 47.9 Å². The highest BCUT2D eigenvalue weighted by Crippen LogP contribution is 2.43. The second kappa shape index (κ2) is 7.83. The molecule has 9 rings (SSSR count). The minimum absolute atomic E-state index is 1.18. The Hall–Kier alpha value is -4.86. The van der Waals surface area contributed by atoms with Crippen LogP contribution in [0.2, 0.25) is 0 Å². The predicted molar refractivity (Wildman–Crippen MR) is 168 cm³/mol. The Morgan fingerprint density at radius 3 is 2.18 bits per heavy atom. The van der Waals surface area contributed by atoms with Crippen LogP contribution < -0.4 is 0 Å². The molecule has 0 spiro atoms. The third-order valence-corrected chi connectivity index (χ3v) is 9.35. The Balaban J connectivity index is 1.49. The second-order valence-corrected chi connectivity index (χ2v) is 11.2. The molecule has 0 saturated heterocycles. The first-order chi connectivity index (χ1) is 19.4. The minimum Gasteiger partial charge on any atom is -0.317 e. The van der Waals surface area contributed by atoms with Gasteiger partial charge in [-0.1, -0.05) is 84.9 Å². The maximum absolute atomic E-state index is 2.52. The monoisotopic (exact) mass is 514 g/mol. The van der Waals surface area contributed by atoms with E-state index in [1.54, 1.807) is 0 Å². The zero-order valence-electron chi connectivity index (χ0n) is 21.0. The van der Waals surface area contributed by atoms with Gasteiger partial charge in [-0.2, -0.15) is 0 Å². The summed E-state index contributed by atoms with van der Waals surface area (Å²) in [6.45, 7) is 0. The molecule has 0 aliphatic carbocycles. The Bertz CT molecular complexity index is 2390. The number of hydrogen-bond donors (Lipinski definition) is 0. The zero-order valence-corrected chi connectivity index (χ0v) is 21.8. The predicted octanol–water partition coefficient (Wildman–Crippen LogP) is 10.2. The maximum atomic E-state index is 2.52. The molecule has 2 nitrogen and oxygen atoms in total. The van der Waals surface area contributed by atoms with Crippen molar-refractivity contribution < 1.29 is 0 Å². The number of aromatic nitrogens is 2. The molecule has 0 bridgehead atoms. The highest BCUT2D eigenvalue weighted by molar-refractivity contribution is 7.26. The third kappa shape index (κ3) is 2.85. The minimum atomic E-state index is 1.18. The van der Waals surface area contributed by atoms with Gasteiger partial charge in [0.1, 0.15) is 0 Å². The van der Waals surface area contributed by atoms with E-state index >= 15 is 0 Å². The molecule has 3 heteroatoms. The fraction of sp³-hybridized carbons (Fsp3) is 0. The number of fused-ring (bicyclic) bond motifs is 10. The summed E-state index contributed by atoms with van der Waals surface area (Å²) in [5, 5.41) is 9.05. The van der Waals surface area contributed by atoms with E-state index < -0.39 is 0 Å². The van der Waals surface area contributed by atoms with Gasteiger partial charge in [0, 0.05) is 48.9 Å². The average molecular weight is 515 g/mol. The van der Waals surface area contributed by atoms with Gasteiger partial charge in [0.15, 0.2) is 0 Å². The Labute approximate surface area is 228 Å². The molecule has 182 valence electrons. The van der Waals surface area contributed by atoms with Crippen LogP contribution in [0.5, 0.6) is 0 Å². The van der Waals surface area contributed by atoms with Crippen LogP contribution in [0, 0.1) is 0 Å². The van der Waals surface area contributed by atoms with Crippen molar-refractivity contribution in [3.63, 3.8) is 0 Å². The number of thiophene rings is 1. The van der Waals surface area contributed by atoms with E-state index in [4.69, 9.17) is 0 Å². The van der Waals surface area contributed by atoms with Crippen LogP contribution in [-0.2, 0) is 0 Å². The molecule has 3 aromatic heterocycles. The van der Waals surface area contributed by atoms with Crippen LogP contribution in [0.15, 0.2) is 134 Å². The quantitative estimate of drug-likeness (QED) is 0.217. The first-order valence-corrected chi connectivity index (χ1v) is 14.1. The zero-order chi connectivity index (χ0) is 25.5. The van der Waals surface area contributed by atoms with Crippen LogP contribution in [-0.4, -0.2) is 9.13 Å². The molecule has 0 amide bonds. The molecule has 0 N–H and O–H groups in total. The van der Waals surface area contributed by atoms with E-state index in [0.717, 1.165) is 0 Å². The van der Waals surface area contributed by atoms with Crippen LogP contribution in [0.25, 0.3) is 75.0 Å². The number of benzene rings is 6. The molecular formula is C36H22N2S. The van der Waals surface area contributed by atoms with Gasteiger partial charge in [-0.25, -0.2) is 0 Å². The van der Waals surface area contributed by atoms with Gasteiger partial charge in [0.25, 0.3) is 0 Å². The van der Waals surface area contributed by atoms with E-state index in [-0.39, 0.29) is 0 Å². The molecule has 9 aromatic rings. The van der Waals surface area contributed by atoms with E-state index in [2.05, 4.69) is 143 Å². The number of nitrogens with zero attached hydrogens (tertiary/aromatic N) is 2. The normalized spacial score (nSPS) is 12.1. The van der Waals surface area contributed by atoms with Gasteiger partial charge >= 0.3 is 0 Å². The van der Waals surface area contributed by atoms with Crippen LogP contribution in [0.1, 0.15) is 0 Å². The van der Waals surface area contributed by atoms with Crippen LogP contribution in [0.4, 0.5) is 0 Å². The van der Waals surface area contributed by atoms with Gasteiger partial charge in [-0.15, -0.1) is 11.3 Å². The standard InChI is InChI=1S/C36H22N2S/c1-2-9-24(10-3-1)37-22-21-29-30(37)20-18-23-17-19-27-25-11-4-6-14-31(25)38(35(27)34(23)29)32-15-8-13-28-26-12-5-7-16-33(26)39-36(28)32/h1-22H. The lowest BCUT2D eigenvalue weighted by atomic mass is 10.0. The highest BCUT2D eigenvalue weighted by atomic mass is 32.1. The summed E-state index contributed by atoms with van der Waals surface area (Å²) >= 11 is 1.89. The Morgan fingerprint density at radius 2 is 1.26 bits per heavy atom. The van der Waals surface area contributed by atoms with Gasteiger partial charge < -0.3 is 9.13 Å². The second-order valence-electron chi connectivity index (χ2n) is 10.2. The van der Waals surface area contributed by atoms with Gasteiger partial charge in [-0.3, -0.25) is 0 Å². The van der Waals surface area contributed by atoms with Crippen LogP contribution >= 0.6 is 11.3 Å². The topological polar surface area (TPSA) is 9.86 Å². The molecule has 0 unspecified atom stereocenters. The summed E-state index contributed by atoms with van der Waals surface area (Å²) < 4.78 is 7.47. The van der Waals surface area contributed by atoms with Gasteiger partial charge in [0.05, 0.1) is 26.9 Å². The molecule has 39 heavy (non-hydrogen) atoms. The lowest BCUT2D eigenvalue weighted by molar-refractivity contribution is 1.13. The van der Waals surface area contributed by atoms with E-state index in [1.807, 2.05) is 11.3 Å². The van der Waals surface area contributed by atoms with E-state index in [0.29, 0.717) is 0 Å². The number of rotatable bonds is 2. The largest absolute Gasteiger partial charge is 0.317 e. The Morgan fingerprint density at radius 1 is 0.487 bits per heavy atom. The first-order valence-electron chi connectivity index (χ1n) is 13.3. The van der Waals surface area contributed by atoms with Crippen molar-refractivity contribution in [2.75, 3.05) is 0 Å². The molecule has 0 atom stereocenters. The highest BCUT2D eigenvalue weighted by Gasteiger charge is 2.20. The average Bonchev–Trinajstić information content (AvgIpc) is 3.69. The summed E-state index contributed by atoms with van der Waals surface area (Å²) in [6, 6.07) is 46.4. The lowest BCUT2D eigenvalue weighted by Crippen LogP contribution is -1.95. The first kappa shape index (κ1) is 21.1. The van der Waals surface area contributed by atoms with Crippen molar-refractivity contribution in [1.82, 2.24) is 9.13 Å². The van der Waals surface area contributed by atoms with Crippen molar-refractivity contribution >= 4 is 75.0 Å². The molecule has 0 aliphatic rings. The summed E-state index contributed by atoms with van der Waals surface area (Å²) in [6.07, 6.45) is 2.21. The molecule has 6 aromatic carbocycles. The van der Waals surface area contributed by atoms with E-state index in [1.165, 1.54) is 75.0 Å². The fourth-order valence-corrected chi connectivity index (χ4v) is 7.67. The summed E-state index contributed by atoms with van der Waals surface area (Å²) in [5.41, 5.74) is 6.15. The Kier molecular flexibility index (Phi) is 4.24. The van der Waals surface area contributed by atoms with Crippen molar-refractivity contribution in [1.29, 1.82) is 0 Å². The lowest BCUT2D eigenvalue weighted by Gasteiger charge is -2.12. The SMILES string of the molecule is c1ccc(-n2ccc3c4c(ccc5c6ccccc6n(-c6cccc7c6sc6ccccc67)c54)ccc32)cc1. The molecular weight excluding hydrogens is 492 g/mol. The smallest absolute Gasteiger partial charge is 0.0641 e. The molecule has 0 aliphatic heterocycles. The molecule has 0 fully saturated rings. The van der Waals surface area contributed by atoms with Crippen molar-refractivity contribution in [2.45, 2.75) is 0 Å². The summed E-state index contributed by atoms with van der Waals surface area (Å²) in [7, 11) is 0. The summed E-state index contributed by atoms with van der Waals surface area (Å²) in [5.74, 6) is 0. The molecule has 0 saturated carbocycles. The number of para-hydroxylation sites is 2. The van der Waals surface area contributed by atoms with E-state index in [9.17, 15) is 0 Å². The summed E-state index contributed by atoms with van der Waals surface area (Å²) in [4.78, 5) is 0. The molecule has 3 heterocycles.